The smallest absolute Gasteiger partial charge is 0.337 e. The van der Waals surface area contributed by atoms with Gasteiger partial charge in [-0.25, -0.2) is 29.1 Å². The lowest BCUT2D eigenvalue weighted by Gasteiger charge is -2.08. The fraction of sp³-hybridized carbons (Fsp3) is 0. The Morgan fingerprint density at radius 1 is 0.380 bits per heavy atom. The first-order chi connectivity index (χ1) is 24.1. The summed E-state index contributed by atoms with van der Waals surface area (Å²) in [5.41, 5.74) is 1.88. The molecule has 14 heteroatoms. The Kier molecular flexibility index (Phi) is 10.4. The molecule has 0 unspecified atom stereocenters. The zero-order chi connectivity index (χ0) is 35.6. The van der Waals surface area contributed by atoms with E-state index in [-0.39, 0.29) is 45.0 Å². The van der Waals surface area contributed by atoms with Crippen molar-refractivity contribution in [3.05, 3.63) is 141 Å². The number of pyridine rings is 4. The van der Waals surface area contributed by atoms with Crippen LogP contribution in [0.25, 0.3) is 48.6 Å². The van der Waals surface area contributed by atoms with Crippen LogP contribution >= 0.6 is 0 Å². The zero-order valence-corrected chi connectivity index (χ0v) is 25.7. The second-order valence-electron chi connectivity index (χ2n) is 10.2. The summed E-state index contributed by atoms with van der Waals surface area (Å²) in [7, 11) is 0. The predicted molar refractivity (Wildman–Crippen MR) is 183 cm³/mol. The Morgan fingerprint density at radius 2 is 0.600 bits per heavy atom. The molecule has 0 aromatic carbocycles. The fourth-order valence-electron chi connectivity index (χ4n) is 4.57. The average Bonchev–Trinajstić information content (AvgIpc) is 3.12. The summed E-state index contributed by atoms with van der Waals surface area (Å²) in [4.78, 5) is 72.3. The minimum absolute atomic E-state index is 0.0677. The van der Waals surface area contributed by atoms with Crippen molar-refractivity contribution in [2.45, 2.75) is 0 Å². The molecule has 0 amide bonds. The molecular weight excluding hydrogens is 644 g/mol. The Hall–Kier alpha value is -7.48. The minimum Gasteiger partial charge on any atom is -0.478 e. The van der Waals surface area contributed by atoms with Crippen LogP contribution in [0, 0.1) is 0 Å². The lowest BCUT2D eigenvalue weighted by atomic mass is 10.1. The zero-order valence-electron chi connectivity index (χ0n) is 25.7. The molecule has 0 fully saturated rings. The number of carbonyl (C=O) groups is 4. The average molecular weight is 669 g/mol. The SMILES string of the molecule is O=C(O)c1cnccc1C=Cc1nc(C=Cc2ccncc2C(=O)O)c(C=Cc2ccncc2C(=O)O)nc1C=Cc1ccncc1C(=O)O. The summed E-state index contributed by atoms with van der Waals surface area (Å²) in [6, 6.07) is 6.01. The summed E-state index contributed by atoms with van der Waals surface area (Å²) < 4.78 is 0. The Morgan fingerprint density at radius 3 is 0.800 bits per heavy atom. The van der Waals surface area contributed by atoms with E-state index in [2.05, 4.69) is 19.9 Å². The van der Waals surface area contributed by atoms with Gasteiger partial charge in [-0.2, -0.15) is 0 Å². The third-order valence-corrected chi connectivity index (χ3v) is 7.03. The molecule has 5 heterocycles. The maximum Gasteiger partial charge on any atom is 0.337 e. The van der Waals surface area contributed by atoms with Gasteiger partial charge in [0, 0.05) is 49.6 Å². The van der Waals surface area contributed by atoms with E-state index in [9.17, 15) is 39.6 Å². The van der Waals surface area contributed by atoms with Gasteiger partial charge in [0.05, 0.1) is 45.0 Å². The number of aromatic carboxylic acids is 4. The van der Waals surface area contributed by atoms with Crippen molar-refractivity contribution in [3.8, 4) is 0 Å². The van der Waals surface area contributed by atoms with E-state index >= 15 is 0 Å². The second-order valence-corrected chi connectivity index (χ2v) is 10.2. The molecule has 0 saturated heterocycles. The highest BCUT2D eigenvalue weighted by molar-refractivity contribution is 5.96. The topological polar surface area (TPSA) is 227 Å². The van der Waals surface area contributed by atoms with Crippen molar-refractivity contribution in [2.24, 2.45) is 0 Å². The van der Waals surface area contributed by atoms with Crippen LogP contribution in [0.4, 0.5) is 0 Å². The number of hydrogen-bond acceptors (Lipinski definition) is 10. The normalized spacial score (nSPS) is 11.5. The second kappa shape index (κ2) is 15.4. The van der Waals surface area contributed by atoms with Crippen molar-refractivity contribution in [2.75, 3.05) is 0 Å². The van der Waals surface area contributed by atoms with E-state index in [1.54, 1.807) is 0 Å². The molecule has 0 atom stereocenters. The molecule has 14 nitrogen and oxygen atoms in total. The molecule has 0 saturated carbocycles. The Labute approximate surface area is 282 Å². The molecule has 0 aliphatic rings. The van der Waals surface area contributed by atoms with E-state index in [1.807, 2.05) is 0 Å². The summed E-state index contributed by atoms with van der Waals surface area (Å²) in [5, 5.41) is 38.6. The first-order valence-electron chi connectivity index (χ1n) is 14.5. The number of nitrogens with zero attached hydrogens (tertiary/aromatic N) is 6. The number of rotatable bonds is 12. The van der Waals surface area contributed by atoms with Gasteiger partial charge < -0.3 is 20.4 Å². The van der Waals surface area contributed by atoms with E-state index < -0.39 is 23.9 Å². The molecule has 5 aromatic heterocycles. The molecule has 4 N–H and O–H groups in total. The van der Waals surface area contributed by atoms with E-state index in [0.29, 0.717) is 22.3 Å². The van der Waals surface area contributed by atoms with Crippen LogP contribution in [0.2, 0.25) is 0 Å². The largest absolute Gasteiger partial charge is 0.478 e. The Bertz CT molecular complexity index is 1950. The lowest BCUT2D eigenvalue weighted by molar-refractivity contribution is 0.0685. The highest BCUT2D eigenvalue weighted by atomic mass is 16.4. The van der Waals surface area contributed by atoms with E-state index in [0.717, 1.165) is 0 Å². The summed E-state index contributed by atoms with van der Waals surface area (Å²) >= 11 is 0. The molecule has 0 aliphatic heterocycles. The van der Waals surface area contributed by atoms with Gasteiger partial charge in [-0.05, 0) is 70.8 Å². The minimum atomic E-state index is -1.20. The van der Waals surface area contributed by atoms with Crippen LogP contribution in [-0.4, -0.2) is 74.2 Å². The number of carboxylic acid groups (broad SMARTS) is 4. The van der Waals surface area contributed by atoms with Crippen molar-refractivity contribution >= 4 is 72.5 Å². The number of carboxylic acids is 4. The van der Waals surface area contributed by atoms with Crippen LogP contribution in [0.3, 0.4) is 0 Å². The first-order valence-corrected chi connectivity index (χ1v) is 14.5. The Balaban J connectivity index is 1.73. The van der Waals surface area contributed by atoms with Gasteiger partial charge in [-0.1, -0.05) is 24.3 Å². The van der Waals surface area contributed by atoms with E-state index in [4.69, 9.17) is 9.97 Å². The molecule has 0 radical (unpaired) electrons. The summed E-state index contributed by atoms with van der Waals surface area (Å²) in [5.74, 6) is -4.79. The number of aromatic nitrogens is 6. The molecule has 5 rings (SSSR count). The van der Waals surface area contributed by atoms with Gasteiger partial charge in [0.25, 0.3) is 0 Å². The van der Waals surface area contributed by atoms with Crippen LogP contribution in [0.5, 0.6) is 0 Å². The molecule has 50 heavy (non-hydrogen) atoms. The maximum atomic E-state index is 11.8. The van der Waals surface area contributed by atoms with Gasteiger partial charge in [0.15, 0.2) is 0 Å². The molecule has 0 aliphatic carbocycles. The van der Waals surface area contributed by atoms with Gasteiger partial charge >= 0.3 is 23.9 Å². The monoisotopic (exact) mass is 668 g/mol. The molecule has 0 spiro atoms. The van der Waals surface area contributed by atoms with Crippen molar-refractivity contribution < 1.29 is 39.6 Å². The third kappa shape index (κ3) is 8.08. The standard InChI is InChI=1S/C36H24N6O8/c43-33(44)25-17-37-13-9-21(25)1-5-29-30(6-2-22-10-14-38-18-26(22)34(45)46)42-32(8-4-24-12-16-40-20-28(24)36(49)50)31(41-29)7-3-23-11-15-39-19-27(23)35(47)48/h1-20H,(H,43,44)(H,45,46)(H,47,48)(H,49,50). The third-order valence-electron chi connectivity index (χ3n) is 7.03. The van der Waals surface area contributed by atoms with Crippen LogP contribution in [-0.2, 0) is 0 Å². The highest BCUT2D eigenvalue weighted by Crippen LogP contribution is 2.22. The fourth-order valence-corrected chi connectivity index (χ4v) is 4.57. The van der Waals surface area contributed by atoms with Crippen molar-refractivity contribution in [3.63, 3.8) is 0 Å². The van der Waals surface area contributed by atoms with Crippen LogP contribution in [0.15, 0.2) is 73.8 Å². The van der Waals surface area contributed by atoms with Gasteiger partial charge in [-0.15, -0.1) is 0 Å². The molecular formula is C36H24N6O8. The first kappa shape index (κ1) is 33.9. The van der Waals surface area contributed by atoms with Crippen LogP contribution < -0.4 is 0 Å². The summed E-state index contributed by atoms with van der Waals surface area (Å²) in [6.45, 7) is 0. The molecule has 0 bridgehead atoms. The number of hydrogen-bond donors (Lipinski definition) is 4. The van der Waals surface area contributed by atoms with Gasteiger partial charge in [0.2, 0.25) is 0 Å². The summed E-state index contributed by atoms with van der Waals surface area (Å²) in [6.07, 6.45) is 22.6. The van der Waals surface area contributed by atoms with Gasteiger partial charge in [-0.3, -0.25) is 19.9 Å². The van der Waals surface area contributed by atoms with Crippen molar-refractivity contribution in [1.29, 1.82) is 0 Å². The van der Waals surface area contributed by atoms with E-state index in [1.165, 1.54) is 122 Å². The van der Waals surface area contributed by atoms with Crippen molar-refractivity contribution in [1.82, 2.24) is 29.9 Å². The van der Waals surface area contributed by atoms with Crippen LogP contribution in [0.1, 0.15) is 86.5 Å². The quantitative estimate of drug-likeness (QED) is 0.128. The molecule has 246 valence electrons. The highest BCUT2D eigenvalue weighted by Gasteiger charge is 2.14. The molecule has 5 aromatic rings. The maximum absolute atomic E-state index is 11.8. The van der Waals surface area contributed by atoms with Gasteiger partial charge in [0.1, 0.15) is 0 Å². The lowest BCUT2D eigenvalue weighted by Crippen LogP contribution is -2.03. The predicted octanol–water partition coefficient (Wildman–Crippen LogP) is 5.53.